The van der Waals surface area contributed by atoms with Gasteiger partial charge in [0.2, 0.25) is 0 Å². The lowest BCUT2D eigenvalue weighted by Crippen LogP contribution is -2.19. The van der Waals surface area contributed by atoms with E-state index < -0.39 is 17.8 Å². The van der Waals surface area contributed by atoms with Crippen LogP contribution in [0.15, 0.2) is 71.5 Å². The number of aromatic nitrogens is 2. The quantitative estimate of drug-likeness (QED) is 0.373. The third-order valence-corrected chi connectivity index (χ3v) is 4.50. The van der Waals surface area contributed by atoms with Crippen LogP contribution in [0.5, 0.6) is 0 Å². The molecule has 9 heteroatoms. The second-order valence-corrected chi connectivity index (χ2v) is 6.54. The average Bonchev–Trinajstić information content (AvgIpc) is 3.09. The molecule has 4 rings (SSSR count). The number of benzene rings is 3. The zero-order valence-corrected chi connectivity index (χ0v) is 15.3. The lowest BCUT2D eigenvalue weighted by Gasteiger charge is -2.11. The largest absolute Gasteiger partial charge is 0.416 e. The van der Waals surface area contributed by atoms with Crippen molar-refractivity contribution in [2.24, 2.45) is 0 Å². The summed E-state index contributed by atoms with van der Waals surface area (Å²) in [5, 5.41) is 10.8. The maximum Gasteiger partial charge on any atom is 0.416 e. The standard InChI is InChI=1S/C21H15F3N4O2/c22-21(23,24)13-3-1-4-15(11-13)26-20(30)25-14-9-7-12(8-10-14)16-5-2-6-17-18(16)19(29)28-27-17/h1-11H,(H2,25,26,30)(H2,27,28,29). The van der Waals surface area contributed by atoms with Gasteiger partial charge in [-0.05, 0) is 47.5 Å². The highest BCUT2D eigenvalue weighted by Crippen LogP contribution is 2.31. The number of H-pyrrole nitrogens is 2. The minimum Gasteiger partial charge on any atom is -0.308 e. The molecule has 0 bridgehead atoms. The van der Waals surface area contributed by atoms with Gasteiger partial charge in [-0.3, -0.25) is 15.0 Å². The number of alkyl halides is 3. The first-order valence-corrected chi connectivity index (χ1v) is 8.86. The molecular formula is C21H15F3N4O2. The maximum atomic E-state index is 12.8. The van der Waals surface area contributed by atoms with Crippen LogP contribution in [-0.4, -0.2) is 16.2 Å². The molecule has 2 amide bonds. The van der Waals surface area contributed by atoms with Gasteiger partial charge in [-0.1, -0.05) is 30.3 Å². The molecule has 0 aliphatic heterocycles. The number of halogens is 3. The number of hydrogen-bond donors (Lipinski definition) is 4. The topological polar surface area (TPSA) is 89.8 Å². The number of nitrogens with one attached hydrogen (secondary N) is 4. The van der Waals surface area contributed by atoms with Crippen molar-refractivity contribution in [1.29, 1.82) is 0 Å². The van der Waals surface area contributed by atoms with E-state index >= 15 is 0 Å². The molecule has 0 spiro atoms. The predicted octanol–water partition coefficient (Wildman–Crippen LogP) is 5.19. The first-order chi connectivity index (χ1) is 14.3. The molecule has 0 atom stereocenters. The molecule has 1 heterocycles. The molecule has 1 aromatic heterocycles. The molecule has 152 valence electrons. The molecule has 0 aliphatic rings. The number of anilines is 2. The van der Waals surface area contributed by atoms with Gasteiger partial charge < -0.3 is 10.6 Å². The third kappa shape index (κ3) is 3.90. The van der Waals surface area contributed by atoms with Crippen LogP contribution in [0.1, 0.15) is 5.56 Å². The fourth-order valence-electron chi connectivity index (χ4n) is 3.13. The van der Waals surface area contributed by atoms with Crippen molar-refractivity contribution < 1.29 is 18.0 Å². The molecule has 4 aromatic rings. The third-order valence-electron chi connectivity index (χ3n) is 4.50. The van der Waals surface area contributed by atoms with Gasteiger partial charge in [0, 0.05) is 11.4 Å². The van der Waals surface area contributed by atoms with E-state index in [1.54, 1.807) is 30.3 Å². The van der Waals surface area contributed by atoms with Crippen molar-refractivity contribution in [3.05, 3.63) is 82.6 Å². The summed E-state index contributed by atoms with van der Waals surface area (Å²) < 4.78 is 38.3. The Kier molecular flexibility index (Phi) is 4.78. The van der Waals surface area contributed by atoms with Gasteiger partial charge in [0.15, 0.2) is 0 Å². The van der Waals surface area contributed by atoms with Crippen LogP contribution in [0.4, 0.5) is 29.3 Å². The van der Waals surface area contributed by atoms with Crippen molar-refractivity contribution in [1.82, 2.24) is 10.2 Å². The highest BCUT2D eigenvalue weighted by Gasteiger charge is 2.30. The SMILES string of the molecule is O=C(Nc1ccc(-c2cccc3[nH][nH]c(=O)c23)cc1)Nc1cccc(C(F)(F)F)c1. The average molecular weight is 412 g/mol. The normalized spacial score (nSPS) is 11.4. The molecule has 0 radical (unpaired) electrons. The van der Waals surface area contributed by atoms with Gasteiger partial charge in [-0.25, -0.2) is 4.79 Å². The van der Waals surface area contributed by atoms with Gasteiger partial charge in [0.25, 0.3) is 5.56 Å². The zero-order valence-electron chi connectivity index (χ0n) is 15.3. The number of fused-ring (bicyclic) bond motifs is 1. The summed E-state index contributed by atoms with van der Waals surface area (Å²) >= 11 is 0. The van der Waals surface area contributed by atoms with Crippen LogP contribution in [0.25, 0.3) is 22.0 Å². The Balaban J connectivity index is 1.49. The van der Waals surface area contributed by atoms with E-state index in [-0.39, 0.29) is 11.2 Å². The number of rotatable bonds is 3. The molecule has 0 saturated carbocycles. The van der Waals surface area contributed by atoms with Crippen LogP contribution in [0, 0.1) is 0 Å². The summed E-state index contributed by atoms with van der Waals surface area (Å²) in [6, 6.07) is 15.9. The summed E-state index contributed by atoms with van der Waals surface area (Å²) in [5.74, 6) is 0. The molecule has 3 aromatic carbocycles. The number of hydrogen-bond acceptors (Lipinski definition) is 2. The fraction of sp³-hybridized carbons (Fsp3) is 0.0476. The van der Waals surface area contributed by atoms with Crippen molar-refractivity contribution >= 4 is 28.3 Å². The second kappa shape index (κ2) is 7.43. The second-order valence-electron chi connectivity index (χ2n) is 6.54. The maximum absolute atomic E-state index is 12.8. The van der Waals surface area contributed by atoms with Gasteiger partial charge >= 0.3 is 12.2 Å². The molecule has 30 heavy (non-hydrogen) atoms. The minimum absolute atomic E-state index is 0.0253. The van der Waals surface area contributed by atoms with Gasteiger partial charge in [0.1, 0.15) is 0 Å². The summed E-state index contributed by atoms with van der Waals surface area (Å²) in [4.78, 5) is 24.2. The monoisotopic (exact) mass is 412 g/mol. The molecule has 0 unspecified atom stereocenters. The van der Waals surface area contributed by atoms with E-state index in [1.807, 2.05) is 12.1 Å². The first kappa shape index (κ1) is 19.3. The highest BCUT2D eigenvalue weighted by atomic mass is 19.4. The van der Waals surface area contributed by atoms with E-state index in [0.717, 1.165) is 23.3 Å². The molecular weight excluding hydrogens is 397 g/mol. The molecule has 4 N–H and O–H groups in total. The minimum atomic E-state index is -4.49. The molecule has 6 nitrogen and oxygen atoms in total. The number of aromatic amines is 2. The Labute approximate surface area is 167 Å². The van der Waals surface area contributed by atoms with E-state index in [0.29, 0.717) is 16.6 Å². The van der Waals surface area contributed by atoms with E-state index in [1.165, 1.54) is 12.1 Å². The van der Waals surface area contributed by atoms with Crippen LogP contribution in [0.3, 0.4) is 0 Å². The predicted molar refractivity (Wildman–Crippen MR) is 108 cm³/mol. The lowest BCUT2D eigenvalue weighted by molar-refractivity contribution is -0.137. The lowest BCUT2D eigenvalue weighted by atomic mass is 10.0. The Morgan fingerprint density at radius 1 is 0.833 bits per heavy atom. The molecule has 0 aliphatic carbocycles. The van der Waals surface area contributed by atoms with Crippen molar-refractivity contribution in [2.75, 3.05) is 10.6 Å². The van der Waals surface area contributed by atoms with Crippen LogP contribution in [0.2, 0.25) is 0 Å². The summed E-state index contributed by atoms with van der Waals surface area (Å²) in [6.45, 7) is 0. The fourth-order valence-corrected chi connectivity index (χ4v) is 3.13. The number of urea groups is 1. The van der Waals surface area contributed by atoms with E-state index in [9.17, 15) is 22.8 Å². The van der Waals surface area contributed by atoms with Crippen molar-refractivity contribution in [3.63, 3.8) is 0 Å². The molecule has 0 fully saturated rings. The van der Waals surface area contributed by atoms with Crippen LogP contribution < -0.4 is 16.2 Å². The van der Waals surface area contributed by atoms with Crippen LogP contribution in [-0.2, 0) is 6.18 Å². The Bertz CT molecular complexity index is 1270. The van der Waals surface area contributed by atoms with Gasteiger partial charge in [0.05, 0.1) is 16.5 Å². The Morgan fingerprint density at radius 2 is 1.53 bits per heavy atom. The number of carbonyl (C=O) groups is 1. The van der Waals surface area contributed by atoms with Crippen molar-refractivity contribution in [3.8, 4) is 11.1 Å². The first-order valence-electron chi connectivity index (χ1n) is 8.86. The summed E-state index contributed by atoms with van der Waals surface area (Å²) in [6.07, 6.45) is -4.49. The Morgan fingerprint density at radius 3 is 2.27 bits per heavy atom. The summed E-state index contributed by atoms with van der Waals surface area (Å²) in [7, 11) is 0. The van der Waals surface area contributed by atoms with Crippen LogP contribution >= 0.6 is 0 Å². The van der Waals surface area contributed by atoms with Crippen molar-refractivity contribution in [2.45, 2.75) is 6.18 Å². The van der Waals surface area contributed by atoms with E-state index in [4.69, 9.17) is 0 Å². The Hall–Kier alpha value is -4.01. The number of carbonyl (C=O) groups excluding carboxylic acids is 1. The zero-order chi connectivity index (χ0) is 21.3. The van der Waals surface area contributed by atoms with E-state index in [2.05, 4.69) is 20.8 Å². The van der Waals surface area contributed by atoms with Gasteiger partial charge in [-0.15, -0.1) is 0 Å². The smallest absolute Gasteiger partial charge is 0.308 e. The molecule has 0 saturated heterocycles. The number of amides is 2. The van der Waals surface area contributed by atoms with Gasteiger partial charge in [-0.2, -0.15) is 13.2 Å². The summed E-state index contributed by atoms with van der Waals surface area (Å²) in [5.41, 5.74) is 1.57. The highest BCUT2D eigenvalue weighted by molar-refractivity contribution is 6.00.